The smallest absolute Gasteiger partial charge is 0.319 e. The van der Waals surface area contributed by atoms with Crippen LogP contribution in [0.2, 0.25) is 5.02 Å². The number of alkyl halides is 2. The van der Waals surface area contributed by atoms with E-state index in [0.717, 1.165) is 19.4 Å². The Morgan fingerprint density at radius 1 is 1.17 bits per heavy atom. The maximum absolute atomic E-state index is 16.7. The molecule has 2 bridgehead atoms. The van der Waals surface area contributed by atoms with E-state index < -0.39 is 23.6 Å². The standard InChI is InChI=1S/C29H30ClF4N7O/c1-14-20(31)9-21-18(10-35-39-21)22(14)23-19(30)8-17-25(24(23)32)36-28(42-12-16-4-3-7-40(16)2)37-26(17)41-11-15-5-6-29(13-41,38-15)27(33)34/h8-10,15-16,27,38H,3-7,11-13H2,1-2H3,(H,35,39). The van der Waals surface area contributed by atoms with Crippen molar-refractivity contribution in [2.75, 3.05) is 38.2 Å². The Kier molecular flexibility index (Phi) is 6.70. The number of halogens is 5. The maximum atomic E-state index is 16.7. The summed E-state index contributed by atoms with van der Waals surface area (Å²) >= 11 is 6.76. The van der Waals surface area contributed by atoms with Gasteiger partial charge in [0.15, 0.2) is 5.82 Å². The topological polar surface area (TPSA) is 82.2 Å². The van der Waals surface area contributed by atoms with Gasteiger partial charge in [-0.2, -0.15) is 15.1 Å². The summed E-state index contributed by atoms with van der Waals surface area (Å²) in [4.78, 5) is 13.1. The lowest BCUT2D eigenvalue weighted by atomic mass is 9.94. The lowest BCUT2D eigenvalue weighted by molar-refractivity contribution is 0.0367. The number of H-pyrrole nitrogens is 1. The van der Waals surface area contributed by atoms with Crippen LogP contribution in [0, 0.1) is 18.6 Å². The third kappa shape index (κ3) is 4.37. The number of anilines is 1. The molecule has 0 saturated carbocycles. The average Bonchev–Trinajstić information content (AvgIpc) is 3.68. The number of nitrogens with zero attached hydrogens (tertiary/aromatic N) is 5. The highest BCUT2D eigenvalue weighted by atomic mass is 35.5. The molecule has 8 nitrogen and oxygen atoms in total. The highest BCUT2D eigenvalue weighted by molar-refractivity contribution is 6.35. The maximum Gasteiger partial charge on any atom is 0.319 e. The number of nitrogens with one attached hydrogen (secondary N) is 2. The van der Waals surface area contributed by atoms with Crippen molar-refractivity contribution in [3.05, 3.63) is 40.6 Å². The summed E-state index contributed by atoms with van der Waals surface area (Å²) in [6.45, 7) is 3.19. The second-order valence-corrected chi connectivity index (χ2v) is 12.2. The van der Waals surface area contributed by atoms with Crippen LogP contribution in [-0.2, 0) is 0 Å². The van der Waals surface area contributed by atoms with Crippen molar-refractivity contribution in [2.24, 2.45) is 0 Å². The van der Waals surface area contributed by atoms with E-state index in [1.54, 1.807) is 11.8 Å². The Balaban J connectivity index is 1.40. The van der Waals surface area contributed by atoms with Gasteiger partial charge in [-0.3, -0.25) is 5.10 Å². The molecule has 3 atom stereocenters. The van der Waals surface area contributed by atoms with Crippen molar-refractivity contribution < 1.29 is 22.3 Å². The van der Waals surface area contributed by atoms with Gasteiger partial charge >= 0.3 is 6.01 Å². The molecule has 3 aliphatic heterocycles. The number of aromatic amines is 1. The van der Waals surface area contributed by atoms with Crippen LogP contribution in [0.25, 0.3) is 32.9 Å². The van der Waals surface area contributed by atoms with Gasteiger partial charge in [0.2, 0.25) is 0 Å². The number of hydrogen-bond donors (Lipinski definition) is 2. The van der Waals surface area contributed by atoms with Gasteiger partial charge < -0.3 is 19.9 Å². The molecule has 0 aliphatic carbocycles. The summed E-state index contributed by atoms with van der Waals surface area (Å²) in [5.41, 5.74) is -0.631. The van der Waals surface area contributed by atoms with E-state index in [1.807, 2.05) is 7.05 Å². The Hall–Kier alpha value is -3.22. The van der Waals surface area contributed by atoms with Crippen LogP contribution >= 0.6 is 11.6 Å². The number of piperazine rings is 1. The molecule has 13 heteroatoms. The molecular formula is C29H30ClF4N7O. The van der Waals surface area contributed by atoms with Gasteiger partial charge in [0.05, 0.1) is 22.3 Å². The highest BCUT2D eigenvalue weighted by Gasteiger charge is 2.51. The minimum absolute atomic E-state index is 0.0162. The fraction of sp³-hybridized carbons (Fsp3) is 0.483. The van der Waals surface area contributed by atoms with Crippen LogP contribution < -0.4 is 15.0 Å². The lowest BCUT2D eigenvalue weighted by Crippen LogP contribution is -2.63. The van der Waals surface area contributed by atoms with Gasteiger partial charge in [-0.15, -0.1) is 0 Å². The van der Waals surface area contributed by atoms with Crippen LogP contribution in [0.5, 0.6) is 6.01 Å². The molecule has 3 aliphatic rings. The number of aromatic nitrogens is 4. The number of ether oxygens (including phenoxy) is 1. The van der Waals surface area contributed by atoms with Crippen molar-refractivity contribution in [3.63, 3.8) is 0 Å². The minimum Gasteiger partial charge on any atom is -0.462 e. The summed E-state index contributed by atoms with van der Waals surface area (Å²) in [5.74, 6) is -1.04. The minimum atomic E-state index is -2.59. The highest BCUT2D eigenvalue weighted by Crippen LogP contribution is 2.44. The second kappa shape index (κ2) is 10.2. The molecule has 2 aromatic heterocycles. The third-order valence-electron chi connectivity index (χ3n) is 9.17. The van der Waals surface area contributed by atoms with E-state index in [0.29, 0.717) is 36.9 Å². The number of hydrogen-bond acceptors (Lipinski definition) is 7. The normalized spacial score (nSPS) is 24.5. The van der Waals surface area contributed by atoms with Crippen molar-refractivity contribution in [3.8, 4) is 17.1 Å². The number of benzene rings is 2. The summed E-state index contributed by atoms with van der Waals surface area (Å²) in [6, 6.07) is 2.77. The molecule has 3 saturated heterocycles. The van der Waals surface area contributed by atoms with Crippen molar-refractivity contribution in [1.82, 2.24) is 30.4 Å². The van der Waals surface area contributed by atoms with Crippen LogP contribution in [0.15, 0.2) is 18.3 Å². The fourth-order valence-electron chi connectivity index (χ4n) is 6.86. The Morgan fingerprint density at radius 2 is 2.00 bits per heavy atom. The first kappa shape index (κ1) is 27.6. The Labute approximate surface area is 244 Å². The molecule has 2 N–H and O–H groups in total. The molecule has 42 heavy (non-hydrogen) atoms. The van der Waals surface area contributed by atoms with Gasteiger partial charge in [-0.1, -0.05) is 11.6 Å². The van der Waals surface area contributed by atoms with Crippen molar-refractivity contribution in [2.45, 2.75) is 56.7 Å². The molecule has 5 heterocycles. The van der Waals surface area contributed by atoms with Crippen LogP contribution in [-0.4, -0.2) is 82.4 Å². The molecule has 0 radical (unpaired) electrons. The van der Waals surface area contributed by atoms with E-state index in [1.165, 1.54) is 18.3 Å². The van der Waals surface area contributed by atoms with E-state index >= 15 is 4.39 Å². The molecule has 3 unspecified atom stereocenters. The lowest BCUT2D eigenvalue weighted by Gasteiger charge is -2.41. The molecule has 4 aromatic rings. The van der Waals surface area contributed by atoms with Gasteiger partial charge in [0.1, 0.15) is 23.8 Å². The third-order valence-corrected chi connectivity index (χ3v) is 9.47. The summed E-state index contributed by atoms with van der Waals surface area (Å²) in [6.07, 6.45) is 1.81. The molecule has 3 fully saturated rings. The Morgan fingerprint density at radius 3 is 2.76 bits per heavy atom. The monoisotopic (exact) mass is 603 g/mol. The largest absolute Gasteiger partial charge is 0.462 e. The number of fused-ring (bicyclic) bond motifs is 4. The first-order valence-corrected chi connectivity index (χ1v) is 14.5. The van der Waals surface area contributed by atoms with E-state index in [-0.39, 0.29) is 63.1 Å². The van der Waals surface area contributed by atoms with Crippen LogP contribution in [0.1, 0.15) is 31.2 Å². The zero-order chi connectivity index (χ0) is 29.3. The summed E-state index contributed by atoms with van der Waals surface area (Å²) < 4.78 is 66.3. The summed E-state index contributed by atoms with van der Waals surface area (Å²) in [7, 11) is 2.01. The van der Waals surface area contributed by atoms with E-state index in [9.17, 15) is 13.2 Å². The molecule has 0 amide bonds. The summed E-state index contributed by atoms with van der Waals surface area (Å²) in [5, 5.41) is 10.6. The first-order valence-electron chi connectivity index (χ1n) is 14.1. The molecular weight excluding hydrogens is 574 g/mol. The second-order valence-electron chi connectivity index (χ2n) is 11.8. The average molecular weight is 604 g/mol. The Bertz CT molecular complexity index is 1700. The van der Waals surface area contributed by atoms with Gasteiger partial charge in [-0.05, 0) is 63.9 Å². The number of rotatable bonds is 6. The van der Waals surface area contributed by atoms with Gasteiger partial charge in [-0.25, -0.2) is 17.6 Å². The fourth-order valence-corrected chi connectivity index (χ4v) is 7.14. The van der Waals surface area contributed by atoms with Gasteiger partial charge in [0, 0.05) is 47.1 Å². The predicted molar refractivity (Wildman–Crippen MR) is 153 cm³/mol. The predicted octanol–water partition coefficient (Wildman–Crippen LogP) is 5.46. The number of likely N-dealkylation sites (N-methyl/N-ethyl adjacent to an activating group) is 1. The van der Waals surface area contributed by atoms with Crippen LogP contribution in [0.4, 0.5) is 23.4 Å². The molecule has 7 rings (SSSR count). The van der Waals surface area contributed by atoms with Gasteiger partial charge in [0.25, 0.3) is 6.43 Å². The SMILES string of the molecule is Cc1c(F)cc2[nH]ncc2c1-c1c(Cl)cc2c(N3CC4CCC(C(F)F)(C3)N4)nc(OCC3CCCN3C)nc2c1F. The molecule has 2 aromatic carbocycles. The van der Waals surface area contributed by atoms with E-state index in [2.05, 4.69) is 30.4 Å². The number of likely N-dealkylation sites (tertiary alicyclic amines) is 1. The molecule has 0 spiro atoms. The zero-order valence-electron chi connectivity index (χ0n) is 23.2. The van der Waals surface area contributed by atoms with Crippen molar-refractivity contribution in [1.29, 1.82) is 0 Å². The quantitative estimate of drug-likeness (QED) is 0.283. The molecule has 222 valence electrons. The van der Waals surface area contributed by atoms with Crippen LogP contribution in [0.3, 0.4) is 0 Å². The van der Waals surface area contributed by atoms with E-state index in [4.69, 9.17) is 16.3 Å². The first-order chi connectivity index (χ1) is 20.1. The zero-order valence-corrected chi connectivity index (χ0v) is 23.9. The van der Waals surface area contributed by atoms with Crippen molar-refractivity contribution >= 4 is 39.2 Å².